The standard InChI is InChI=1S/C25H32O10/c26-14-33-17-6-8-19(9-7-17)35-23(13-25(31)32)20-10-1-15(21(28)12-24(29)30)11-22(20)34-18-4-2-16(27)3-5-18/h1-5,10-11,17,19,21,23,25-28,31-32H,6-9,12-14H2,(H,29,30)/t17?,19?,21-,23?/m1/s1. The van der Waals surface area contributed by atoms with Crippen molar-refractivity contribution < 1.29 is 49.6 Å². The molecule has 1 fully saturated rings. The molecule has 10 heteroatoms. The molecule has 0 saturated heterocycles. The number of aliphatic carboxylic acids is 1. The zero-order chi connectivity index (χ0) is 25.4. The Labute approximate surface area is 202 Å². The van der Waals surface area contributed by atoms with Crippen molar-refractivity contribution in [2.45, 2.75) is 69.2 Å². The van der Waals surface area contributed by atoms with Crippen molar-refractivity contribution in [1.82, 2.24) is 0 Å². The second kappa shape index (κ2) is 12.8. The molecule has 0 heterocycles. The molecule has 0 aromatic heterocycles. The summed E-state index contributed by atoms with van der Waals surface area (Å²) in [6.45, 7) is -0.340. The van der Waals surface area contributed by atoms with Crippen molar-refractivity contribution in [2.75, 3.05) is 6.79 Å². The molecule has 0 aliphatic heterocycles. The summed E-state index contributed by atoms with van der Waals surface area (Å²) in [4.78, 5) is 11.1. The van der Waals surface area contributed by atoms with Crippen LogP contribution in [0.1, 0.15) is 61.9 Å². The van der Waals surface area contributed by atoms with Crippen molar-refractivity contribution in [3.05, 3.63) is 53.6 Å². The van der Waals surface area contributed by atoms with E-state index in [0.29, 0.717) is 42.6 Å². The lowest BCUT2D eigenvalue weighted by Crippen LogP contribution is -2.29. The van der Waals surface area contributed by atoms with Gasteiger partial charge < -0.3 is 44.8 Å². The number of carboxylic acid groups (broad SMARTS) is 1. The highest BCUT2D eigenvalue weighted by Crippen LogP contribution is 2.39. The van der Waals surface area contributed by atoms with E-state index >= 15 is 0 Å². The van der Waals surface area contributed by atoms with E-state index in [2.05, 4.69) is 0 Å². The van der Waals surface area contributed by atoms with E-state index in [4.69, 9.17) is 24.4 Å². The van der Waals surface area contributed by atoms with Crippen molar-refractivity contribution in [3.8, 4) is 17.2 Å². The zero-order valence-corrected chi connectivity index (χ0v) is 19.2. The van der Waals surface area contributed by atoms with Crippen LogP contribution in [0.15, 0.2) is 42.5 Å². The van der Waals surface area contributed by atoms with Crippen molar-refractivity contribution in [1.29, 1.82) is 0 Å². The van der Waals surface area contributed by atoms with Crippen LogP contribution in [0, 0.1) is 0 Å². The van der Waals surface area contributed by atoms with E-state index in [1.54, 1.807) is 24.3 Å². The number of benzene rings is 2. The highest BCUT2D eigenvalue weighted by Gasteiger charge is 2.28. The minimum Gasteiger partial charge on any atom is -0.508 e. The molecule has 1 aliphatic carbocycles. The Morgan fingerprint density at radius 2 is 1.63 bits per heavy atom. The summed E-state index contributed by atoms with van der Waals surface area (Å²) in [5.74, 6) is -0.485. The molecular weight excluding hydrogens is 460 g/mol. The Bertz CT molecular complexity index is 938. The van der Waals surface area contributed by atoms with Crippen molar-refractivity contribution in [3.63, 3.8) is 0 Å². The van der Waals surface area contributed by atoms with Gasteiger partial charge in [-0.05, 0) is 61.6 Å². The van der Waals surface area contributed by atoms with E-state index < -0.39 is 30.9 Å². The highest BCUT2D eigenvalue weighted by molar-refractivity contribution is 5.67. The predicted octanol–water partition coefficient (Wildman–Crippen LogP) is 2.73. The van der Waals surface area contributed by atoms with Crippen LogP contribution in [0.4, 0.5) is 0 Å². The number of carboxylic acids is 1. The summed E-state index contributed by atoms with van der Waals surface area (Å²) in [6.07, 6.45) is -1.87. The average molecular weight is 493 g/mol. The van der Waals surface area contributed by atoms with Crippen molar-refractivity contribution >= 4 is 5.97 Å². The van der Waals surface area contributed by atoms with E-state index in [1.165, 1.54) is 18.2 Å². The Kier molecular flexibility index (Phi) is 9.84. The number of aliphatic hydroxyl groups is 4. The summed E-state index contributed by atoms with van der Waals surface area (Å²) in [5, 5.41) is 57.3. The number of phenols is 1. The third kappa shape index (κ3) is 8.17. The van der Waals surface area contributed by atoms with Gasteiger partial charge in [0.25, 0.3) is 0 Å². The summed E-state index contributed by atoms with van der Waals surface area (Å²) >= 11 is 0. The SMILES string of the molecule is O=C(O)C[C@@H](O)c1ccc(C(CC(O)O)OC2CCC(OCO)CC2)c(Oc2ccc(O)cc2)c1. The van der Waals surface area contributed by atoms with Crippen LogP contribution in [0.2, 0.25) is 0 Å². The molecule has 2 aromatic rings. The Balaban J connectivity index is 1.89. The van der Waals surface area contributed by atoms with Gasteiger partial charge >= 0.3 is 5.97 Å². The highest BCUT2D eigenvalue weighted by atomic mass is 16.6. The number of carbonyl (C=O) groups is 1. The molecule has 2 aromatic carbocycles. The van der Waals surface area contributed by atoms with Crippen LogP contribution >= 0.6 is 0 Å². The van der Waals surface area contributed by atoms with Crippen LogP contribution in [-0.2, 0) is 14.3 Å². The minimum absolute atomic E-state index is 0.0496. The maximum Gasteiger partial charge on any atom is 0.306 e. The van der Waals surface area contributed by atoms with Gasteiger partial charge in [0.05, 0.1) is 30.8 Å². The normalized spacial score (nSPS) is 19.9. The van der Waals surface area contributed by atoms with Gasteiger partial charge in [-0.3, -0.25) is 4.79 Å². The van der Waals surface area contributed by atoms with Crippen molar-refractivity contribution in [2.24, 2.45) is 0 Å². The number of aromatic hydroxyl groups is 1. The van der Waals surface area contributed by atoms with Crippen LogP contribution in [0.5, 0.6) is 17.2 Å². The number of hydrogen-bond acceptors (Lipinski definition) is 9. The molecule has 0 amide bonds. The van der Waals surface area contributed by atoms with Gasteiger partial charge in [-0.15, -0.1) is 0 Å². The lowest BCUT2D eigenvalue weighted by Gasteiger charge is -2.32. The number of aliphatic hydroxyl groups excluding tert-OH is 3. The molecule has 2 atom stereocenters. The fourth-order valence-corrected chi connectivity index (χ4v) is 4.16. The summed E-state index contributed by atoms with van der Waals surface area (Å²) in [7, 11) is 0. The maximum atomic E-state index is 11.1. The maximum absolute atomic E-state index is 11.1. The Morgan fingerprint density at radius 1 is 0.971 bits per heavy atom. The molecule has 192 valence electrons. The van der Waals surface area contributed by atoms with Gasteiger partial charge in [0, 0.05) is 12.0 Å². The van der Waals surface area contributed by atoms with Gasteiger partial charge in [0.2, 0.25) is 0 Å². The number of ether oxygens (including phenoxy) is 3. The lowest BCUT2D eigenvalue weighted by molar-refractivity contribution is -0.139. The predicted molar refractivity (Wildman–Crippen MR) is 123 cm³/mol. The Morgan fingerprint density at radius 3 is 2.23 bits per heavy atom. The molecule has 1 saturated carbocycles. The summed E-state index contributed by atoms with van der Waals surface area (Å²) < 4.78 is 17.5. The molecule has 6 N–H and O–H groups in total. The van der Waals surface area contributed by atoms with Crippen LogP contribution < -0.4 is 4.74 Å². The zero-order valence-electron chi connectivity index (χ0n) is 19.2. The first-order valence-electron chi connectivity index (χ1n) is 11.5. The molecule has 3 rings (SSSR count). The van der Waals surface area contributed by atoms with Gasteiger partial charge in [-0.1, -0.05) is 12.1 Å². The molecule has 0 spiro atoms. The van der Waals surface area contributed by atoms with Gasteiger partial charge in [-0.25, -0.2) is 0 Å². The third-order valence-electron chi connectivity index (χ3n) is 5.91. The minimum atomic E-state index is -1.66. The second-order valence-corrected chi connectivity index (χ2v) is 8.54. The second-order valence-electron chi connectivity index (χ2n) is 8.54. The van der Waals surface area contributed by atoms with Crippen LogP contribution in [0.3, 0.4) is 0 Å². The van der Waals surface area contributed by atoms with E-state index in [9.17, 15) is 25.2 Å². The number of rotatable bonds is 12. The molecular formula is C25H32O10. The molecule has 0 radical (unpaired) electrons. The topological polar surface area (TPSA) is 166 Å². The Hall–Kier alpha value is -2.73. The summed E-state index contributed by atoms with van der Waals surface area (Å²) in [5.41, 5.74) is 0.807. The smallest absolute Gasteiger partial charge is 0.306 e. The average Bonchev–Trinajstić information content (AvgIpc) is 2.81. The van der Waals surface area contributed by atoms with E-state index in [1.807, 2.05) is 0 Å². The monoisotopic (exact) mass is 492 g/mol. The molecule has 35 heavy (non-hydrogen) atoms. The van der Waals surface area contributed by atoms with Gasteiger partial charge in [0.15, 0.2) is 6.29 Å². The number of phenolic OH excluding ortho intramolecular Hbond substituents is 1. The lowest BCUT2D eigenvalue weighted by atomic mass is 9.94. The first kappa shape index (κ1) is 26.9. The fourth-order valence-electron chi connectivity index (χ4n) is 4.16. The van der Waals surface area contributed by atoms with E-state index in [-0.39, 0.29) is 36.9 Å². The molecule has 0 bridgehead atoms. The van der Waals surface area contributed by atoms with E-state index in [0.717, 1.165) is 0 Å². The molecule has 1 aliphatic rings. The van der Waals surface area contributed by atoms with Crippen LogP contribution in [0.25, 0.3) is 0 Å². The quantitative estimate of drug-likeness (QED) is 0.243. The first-order valence-corrected chi connectivity index (χ1v) is 11.5. The van der Waals surface area contributed by atoms with Gasteiger partial charge in [0.1, 0.15) is 24.0 Å². The largest absolute Gasteiger partial charge is 0.508 e. The molecule has 10 nitrogen and oxygen atoms in total. The number of hydrogen-bond donors (Lipinski definition) is 6. The first-order chi connectivity index (χ1) is 16.7. The third-order valence-corrected chi connectivity index (χ3v) is 5.91. The van der Waals surface area contributed by atoms with Gasteiger partial charge in [-0.2, -0.15) is 0 Å². The molecule has 1 unspecified atom stereocenters. The van der Waals surface area contributed by atoms with Crippen LogP contribution in [-0.4, -0.2) is 61.9 Å². The summed E-state index contributed by atoms with van der Waals surface area (Å²) in [6, 6.07) is 10.6. The fraction of sp³-hybridized carbons (Fsp3) is 0.480.